The number of hydrogen-bond donors (Lipinski definition) is 2. The summed E-state index contributed by atoms with van der Waals surface area (Å²) in [6, 6.07) is 2.94. The highest BCUT2D eigenvalue weighted by molar-refractivity contribution is 7.84. The van der Waals surface area contributed by atoms with Crippen molar-refractivity contribution in [1.29, 1.82) is 0 Å². The van der Waals surface area contributed by atoms with Gasteiger partial charge >= 0.3 is 16.5 Å². The second-order valence-corrected chi connectivity index (χ2v) is 10.2. The predicted molar refractivity (Wildman–Crippen MR) is 102 cm³/mol. The van der Waals surface area contributed by atoms with E-state index in [1.54, 1.807) is 0 Å². The lowest BCUT2D eigenvalue weighted by Gasteiger charge is -2.50. The Morgan fingerprint density at radius 3 is 2.60 bits per heavy atom. The maximum atomic E-state index is 12.7. The van der Waals surface area contributed by atoms with E-state index in [2.05, 4.69) is 6.92 Å². The Labute approximate surface area is 173 Å². The molecule has 10 heteroatoms. The fourth-order valence-electron chi connectivity index (χ4n) is 6.01. The van der Waals surface area contributed by atoms with Crippen molar-refractivity contribution < 1.29 is 35.6 Å². The van der Waals surface area contributed by atoms with Gasteiger partial charge < -0.3 is 14.0 Å². The van der Waals surface area contributed by atoms with Gasteiger partial charge in [0.15, 0.2) is 18.1 Å². The molecule has 0 amide bonds. The number of alkyl halides is 3. The molecule has 0 heterocycles. The highest BCUT2D eigenvalue weighted by Gasteiger charge is 2.54. The molecule has 5 atom stereocenters. The topological polar surface area (TPSA) is 98.9 Å². The molecule has 4 rings (SSSR count). The van der Waals surface area contributed by atoms with Crippen LogP contribution in [0, 0.1) is 17.3 Å². The number of halogens is 3. The highest BCUT2D eigenvalue weighted by atomic mass is 32.2. The van der Waals surface area contributed by atoms with Crippen LogP contribution >= 0.6 is 0 Å². The maximum Gasteiger partial charge on any atom is 0.422 e. The first-order chi connectivity index (χ1) is 13.9. The Morgan fingerprint density at radius 1 is 1.20 bits per heavy atom. The largest absolute Gasteiger partial charge is 0.480 e. The van der Waals surface area contributed by atoms with E-state index >= 15 is 0 Å². The number of aliphatic hydroxyl groups is 1. The standard InChI is InChI=1S/C20H26F3NO5S/c1-19-7-6-12-13(15(19)4-5-18(19)25)3-2-11-8-17(29-30(24,26)27)16(9-14(11)12)28-10-20(21,22)23/h8-9,12-13,15,18,25H,2-7,10H2,1H3,(H2,24,26,27)/t12-,13+,15-,18+,19-/m0/s1. The minimum atomic E-state index is -4.58. The monoisotopic (exact) mass is 449 g/mol. The van der Waals surface area contributed by atoms with E-state index in [0.29, 0.717) is 18.3 Å². The van der Waals surface area contributed by atoms with E-state index in [1.165, 1.54) is 12.1 Å². The number of nitrogens with two attached hydrogens (primary N) is 1. The van der Waals surface area contributed by atoms with Gasteiger partial charge in [-0.25, -0.2) is 0 Å². The Hall–Kier alpha value is -1.52. The smallest absolute Gasteiger partial charge is 0.422 e. The van der Waals surface area contributed by atoms with Crippen LogP contribution in [0.15, 0.2) is 12.1 Å². The molecule has 1 aromatic rings. The van der Waals surface area contributed by atoms with Crippen LogP contribution in [0.25, 0.3) is 0 Å². The zero-order valence-electron chi connectivity index (χ0n) is 16.6. The summed E-state index contributed by atoms with van der Waals surface area (Å²) >= 11 is 0. The minimum Gasteiger partial charge on any atom is -0.480 e. The molecule has 0 saturated heterocycles. The van der Waals surface area contributed by atoms with Crippen LogP contribution in [0.2, 0.25) is 0 Å². The molecule has 30 heavy (non-hydrogen) atoms. The van der Waals surface area contributed by atoms with Gasteiger partial charge in [-0.3, -0.25) is 0 Å². The summed E-state index contributed by atoms with van der Waals surface area (Å²) in [6.45, 7) is 0.579. The summed E-state index contributed by atoms with van der Waals surface area (Å²) in [5.41, 5.74) is 1.61. The van der Waals surface area contributed by atoms with Gasteiger partial charge in [-0.1, -0.05) is 6.92 Å². The molecule has 0 aliphatic heterocycles. The van der Waals surface area contributed by atoms with Crippen LogP contribution in [-0.4, -0.2) is 32.4 Å². The van der Waals surface area contributed by atoms with Crippen LogP contribution < -0.4 is 14.1 Å². The van der Waals surface area contributed by atoms with E-state index < -0.39 is 23.1 Å². The second kappa shape index (κ2) is 7.27. The number of ether oxygens (including phenoxy) is 1. The van der Waals surface area contributed by atoms with Crippen molar-refractivity contribution in [2.24, 2.45) is 22.4 Å². The highest BCUT2D eigenvalue weighted by Crippen LogP contribution is 2.61. The summed E-state index contributed by atoms with van der Waals surface area (Å²) in [7, 11) is -4.42. The SMILES string of the molecule is C[C@]12CC[C@@H]3c4cc(OCC(F)(F)F)c(OS(N)(=O)=O)cc4CC[C@H]3[C@@H]1CC[C@H]2O. The van der Waals surface area contributed by atoms with Crippen molar-refractivity contribution in [3.8, 4) is 11.5 Å². The van der Waals surface area contributed by atoms with Crippen molar-refractivity contribution in [3.05, 3.63) is 23.3 Å². The molecule has 3 N–H and O–H groups in total. The van der Waals surface area contributed by atoms with Crippen LogP contribution in [0.1, 0.15) is 56.1 Å². The Bertz CT molecular complexity index is 935. The molecule has 2 fully saturated rings. The zero-order valence-corrected chi connectivity index (χ0v) is 17.4. The summed E-state index contributed by atoms with van der Waals surface area (Å²) in [5.74, 6) is 0.221. The number of aryl methyl sites for hydroxylation is 1. The molecule has 2 saturated carbocycles. The minimum absolute atomic E-state index is 0.120. The molecule has 3 aliphatic rings. The second-order valence-electron chi connectivity index (χ2n) is 9.03. The average Bonchev–Trinajstić information content (AvgIpc) is 2.93. The molecule has 6 nitrogen and oxygen atoms in total. The normalized spacial score (nSPS) is 33.4. The van der Waals surface area contributed by atoms with Gasteiger partial charge in [0.2, 0.25) is 0 Å². The quantitative estimate of drug-likeness (QED) is 0.734. The first-order valence-electron chi connectivity index (χ1n) is 10.1. The van der Waals surface area contributed by atoms with Crippen molar-refractivity contribution in [1.82, 2.24) is 0 Å². The fraction of sp³-hybridized carbons (Fsp3) is 0.700. The molecule has 1 aromatic carbocycles. The summed E-state index contributed by atoms with van der Waals surface area (Å²) in [4.78, 5) is 0. The lowest BCUT2D eigenvalue weighted by molar-refractivity contribution is -0.153. The van der Waals surface area contributed by atoms with Crippen molar-refractivity contribution in [2.45, 2.75) is 63.6 Å². The summed E-state index contributed by atoms with van der Waals surface area (Å²) in [5, 5.41) is 15.4. The molecule has 0 radical (unpaired) electrons. The van der Waals surface area contributed by atoms with Gasteiger partial charge in [-0.2, -0.15) is 26.7 Å². The third-order valence-corrected chi connectivity index (χ3v) is 7.75. The molecule has 0 spiro atoms. The number of hydrogen-bond acceptors (Lipinski definition) is 5. The molecule has 3 aliphatic carbocycles. The molecule has 168 valence electrons. The zero-order chi connectivity index (χ0) is 21.9. The molecule has 0 unspecified atom stereocenters. The third-order valence-electron chi connectivity index (χ3n) is 7.34. The molecule has 0 bridgehead atoms. The van der Waals surface area contributed by atoms with Crippen LogP contribution in [-0.2, 0) is 16.7 Å². The molecular weight excluding hydrogens is 423 g/mol. The van der Waals surface area contributed by atoms with Gasteiger partial charge in [0.25, 0.3) is 0 Å². The van der Waals surface area contributed by atoms with Gasteiger partial charge in [-0.05, 0) is 85.0 Å². The number of benzene rings is 1. The summed E-state index contributed by atoms with van der Waals surface area (Å²) in [6.07, 6.45) is 0.00677. The van der Waals surface area contributed by atoms with Crippen LogP contribution in [0.5, 0.6) is 11.5 Å². The van der Waals surface area contributed by atoms with Gasteiger partial charge in [0.05, 0.1) is 6.10 Å². The first kappa shape index (κ1) is 21.7. The Morgan fingerprint density at radius 2 is 1.93 bits per heavy atom. The van der Waals surface area contributed by atoms with E-state index in [9.17, 15) is 26.7 Å². The lowest BCUT2D eigenvalue weighted by Crippen LogP contribution is -2.43. The summed E-state index contributed by atoms with van der Waals surface area (Å²) < 4.78 is 70.6. The Balaban J connectivity index is 1.70. The van der Waals surface area contributed by atoms with E-state index in [4.69, 9.17) is 14.1 Å². The van der Waals surface area contributed by atoms with E-state index in [-0.39, 0.29) is 28.9 Å². The lowest BCUT2D eigenvalue weighted by atomic mass is 9.55. The average molecular weight is 449 g/mol. The van der Waals surface area contributed by atoms with Crippen LogP contribution in [0.4, 0.5) is 13.2 Å². The van der Waals surface area contributed by atoms with E-state index in [0.717, 1.165) is 43.2 Å². The van der Waals surface area contributed by atoms with Crippen molar-refractivity contribution >= 4 is 10.3 Å². The predicted octanol–water partition coefficient (Wildman–Crippen LogP) is 3.43. The fourth-order valence-corrected chi connectivity index (χ4v) is 6.39. The number of aliphatic hydroxyl groups excluding tert-OH is 1. The number of rotatable bonds is 4. The van der Waals surface area contributed by atoms with Crippen molar-refractivity contribution in [2.75, 3.05) is 6.61 Å². The number of fused-ring (bicyclic) bond motifs is 5. The van der Waals surface area contributed by atoms with E-state index in [1.807, 2.05) is 0 Å². The first-order valence-corrected chi connectivity index (χ1v) is 11.6. The van der Waals surface area contributed by atoms with Crippen LogP contribution in [0.3, 0.4) is 0 Å². The molecule has 0 aromatic heterocycles. The van der Waals surface area contributed by atoms with Gasteiger partial charge in [0.1, 0.15) is 0 Å². The maximum absolute atomic E-state index is 12.7. The molecular formula is C20H26F3NO5S. The third kappa shape index (κ3) is 4.01. The Kier molecular flexibility index (Phi) is 5.26. The van der Waals surface area contributed by atoms with Crippen molar-refractivity contribution in [3.63, 3.8) is 0 Å². The van der Waals surface area contributed by atoms with Gasteiger partial charge in [-0.15, -0.1) is 0 Å². The van der Waals surface area contributed by atoms with Gasteiger partial charge in [0, 0.05) is 0 Å².